The highest BCUT2D eigenvalue weighted by molar-refractivity contribution is 5.43. The third kappa shape index (κ3) is 4.07. The maximum atomic E-state index is 13.5. The van der Waals surface area contributed by atoms with Gasteiger partial charge < -0.3 is 10.5 Å². The lowest BCUT2D eigenvalue weighted by Gasteiger charge is -2.28. The van der Waals surface area contributed by atoms with Crippen molar-refractivity contribution in [1.29, 1.82) is 5.26 Å². The van der Waals surface area contributed by atoms with Crippen LogP contribution in [0.3, 0.4) is 0 Å². The summed E-state index contributed by atoms with van der Waals surface area (Å²) >= 11 is 0. The Bertz CT molecular complexity index is 645. The Morgan fingerprint density at radius 1 is 1.52 bits per heavy atom. The van der Waals surface area contributed by atoms with Gasteiger partial charge in [-0.1, -0.05) is 19.1 Å². The van der Waals surface area contributed by atoms with Gasteiger partial charge in [-0.25, -0.2) is 4.39 Å². The van der Waals surface area contributed by atoms with E-state index in [1.54, 1.807) is 6.08 Å². The van der Waals surface area contributed by atoms with Crippen molar-refractivity contribution in [3.05, 3.63) is 58.9 Å². The first-order chi connectivity index (χ1) is 11.1. The van der Waals surface area contributed by atoms with Crippen molar-refractivity contribution in [3.8, 4) is 6.07 Å². The van der Waals surface area contributed by atoms with Gasteiger partial charge in [-0.2, -0.15) is 5.26 Å². The SMILES string of the molecule is CC/C=C(F)\C=C/CC1(CCCN)OCc2cc(C#N)ccc21. The topological polar surface area (TPSA) is 59.0 Å². The maximum Gasteiger partial charge on any atom is 0.118 e. The van der Waals surface area contributed by atoms with E-state index in [0.717, 1.165) is 24.0 Å². The summed E-state index contributed by atoms with van der Waals surface area (Å²) in [6.07, 6.45) is 7.75. The van der Waals surface area contributed by atoms with E-state index >= 15 is 0 Å². The van der Waals surface area contributed by atoms with Crippen LogP contribution in [0.5, 0.6) is 0 Å². The second kappa shape index (κ2) is 8.05. The average Bonchev–Trinajstić information content (AvgIpc) is 2.91. The molecule has 1 unspecified atom stereocenters. The number of ether oxygens (including phenoxy) is 1. The third-order valence-electron chi connectivity index (χ3n) is 4.14. The summed E-state index contributed by atoms with van der Waals surface area (Å²) < 4.78 is 19.6. The van der Waals surface area contributed by atoms with Gasteiger partial charge in [0.2, 0.25) is 0 Å². The molecule has 0 aliphatic carbocycles. The van der Waals surface area contributed by atoms with Crippen molar-refractivity contribution in [3.63, 3.8) is 0 Å². The highest BCUT2D eigenvalue weighted by atomic mass is 19.1. The monoisotopic (exact) mass is 314 g/mol. The van der Waals surface area contributed by atoms with E-state index in [1.165, 1.54) is 6.08 Å². The second-order valence-corrected chi connectivity index (χ2v) is 5.76. The molecule has 23 heavy (non-hydrogen) atoms. The first-order valence-electron chi connectivity index (χ1n) is 8.05. The molecule has 0 bridgehead atoms. The van der Waals surface area contributed by atoms with Crippen LogP contribution < -0.4 is 5.73 Å². The fraction of sp³-hybridized carbons (Fsp3) is 0.421. The Morgan fingerprint density at radius 3 is 3.04 bits per heavy atom. The Morgan fingerprint density at radius 2 is 2.35 bits per heavy atom. The lowest BCUT2D eigenvalue weighted by Crippen LogP contribution is -2.25. The van der Waals surface area contributed by atoms with Crippen molar-refractivity contribution in [1.82, 2.24) is 0 Å². The molecule has 3 nitrogen and oxygen atoms in total. The van der Waals surface area contributed by atoms with Crippen LogP contribution in [0.1, 0.15) is 49.3 Å². The van der Waals surface area contributed by atoms with Crippen molar-refractivity contribution in [2.45, 2.75) is 44.8 Å². The largest absolute Gasteiger partial charge is 0.365 e. The van der Waals surface area contributed by atoms with E-state index in [1.807, 2.05) is 31.2 Å². The van der Waals surface area contributed by atoms with Crippen LogP contribution in [-0.2, 0) is 16.9 Å². The van der Waals surface area contributed by atoms with E-state index in [0.29, 0.717) is 31.6 Å². The molecule has 122 valence electrons. The zero-order chi connectivity index (χ0) is 16.7. The number of nitriles is 1. The van der Waals surface area contributed by atoms with Crippen molar-refractivity contribution in [2.75, 3.05) is 6.54 Å². The smallest absolute Gasteiger partial charge is 0.118 e. The fourth-order valence-corrected chi connectivity index (χ4v) is 3.01. The standard InChI is InChI=1S/C19H23FN2O/c1-2-5-17(20)6-3-9-19(10-4-11-21)18-8-7-15(13-22)12-16(18)14-23-19/h3,5-8,12H,2,4,9-11,14,21H2,1H3/b6-3-,17-5+. The number of nitrogens with zero attached hydrogens (tertiary/aromatic N) is 1. The average molecular weight is 314 g/mol. The van der Waals surface area contributed by atoms with E-state index in [4.69, 9.17) is 15.7 Å². The summed E-state index contributed by atoms with van der Waals surface area (Å²) in [6, 6.07) is 7.80. The molecule has 0 radical (unpaired) electrons. The van der Waals surface area contributed by atoms with E-state index in [2.05, 4.69) is 6.07 Å². The zero-order valence-corrected chi connectivity index (χ0v) is 13.5. The fourth-order valence-electron chi connectivity index (χ4n) is 3.01. The molecular formula is C19H23FN2O. The molecule has 1 atom stereocenters. The van der Waals surface area contributed by atoms with Gasteiger partial charge >= 0.3 is 0 Å². The molecule has 4 heteroatoms. The van der Waals surface area contributed by atoms with Crippen molar-refractivity contribution >= 4 is 0 Å². The van der Waals surface area contributed by atoms with Gasteiger partial charge in [-0.15, -0.1) is 0 Å². The molecule has 1 aromatic rings. The summed E-state index contributed by atoms with van der Waals surface area (Å²) in [5.41, 5.74) is 7.96. The number of fused-ring (bicyclic) bond motifs is 1. The zero-order valence-electron chi connectivity index (χ0n) is 13.5. The van der Waals surface area contributed by atoms with E-state index < -0.39 is 5.60 Å². The molecule has 0 saturated heterocycles. The highest BCUT2D eigenvalue weighted by Crippen LogP contribution is 2.43. The Kier molecular flexibility index (Phi) is 6.09. The van der Waals surface area contributed by atoms with Crippen LogP contribution in [0.4, 0.5) is 4.39 Å². The van der Waals surface area contributed by atoms with Crippen molar-refractivity contribution < 1.29 is 9.13 Å². The molecule has 1 aliphatic heterocycles. The lowest BCUT2D eigenvalue weighted by molar-refractivity contribution is -0.0432. The van der Waals surface area contributed by atoms with Gasteiger partial charge in [0, 0.05) is 0 Å². The summed E-state index contributed by atoms with van der Waals surface area (Å²) in [7, 11) is 0. The second-order valence-electron chi connectivity index (χ2n) is 5.76. The lowest BCUT2D eigenvalue weighted by atomic mass is 9.84. The van der Waals surface area contributed by atoms with Crippen LogP contribution in [0, 0.1) is 11.3 Å². The molecular weight excluding hydrogens is 291 g/mol. The molecule has 0 spiro atoms. The van der Waals surface area contributed by atoms with E-state index in [9.17, 15) is 4.39 Å². The minimum absolute atomic E-state index is 0.223. The van der Waals surface area contributed by atoms with Crippen LogP contribution in [-0.4, -0.2) is 6.54 Å². The van der Waals surface area contributed by atoms with Gasteiger partial charge in [-0.05, 0) is 67.6 Å². The molecule has 2 rings (SSSR count). The third-order valence-corrected chi connectivity index (χ3v) is 4.14. The van der Waals surface area contributed by atoms with Crippen LogP contribution in [0.2, 0.25) is 0 Å². The Hall–Kier alpha value is -1.96. The van der Waals surface area contributed by atoms with Crippen LogP contribution in [0.25, 0.3) is 0 Å². The highest BCUT2D eigenvalue weighted by Gasteiger charge is 2.38. The van der Waals surface area contributed by atoms with Crippen LogP contribution in [0.15, 0.2) is 42.3 Å². The first kappa shape index (κ1) is 17.4. The molecule has 0 saturated carbocycles. The van der Waals surface area contributed by atoms with Crippen LogP contribution >= 0.6 is 0 Å². The molecule has 2 N–H and O–H groups in total. The number of hydrogen-bond acceptors (Lipinski definition) is 3. The summed E-state index contributed by atoms with van der Waals surface area (Å²) in [5.74, 6) is -0.223. The maximum absolute atomic E-state index is 13.5. The molecule has 1 aliphatic rings. The van der Waals surface area contributed by atoms with Gasteiger partial charge in [-0.3, -0.25) is 0 Å². The number of rotatable bonds is 7. The predicted molar refractivity (Wildman–Crippen MR) is 89.2 cm³/mol. The molecule has 0 fully saturated rings. The van der Waals surface area contributed by atoms with Gasteiger partial charge in [0.05, 0.1) is 23.8 Å². The Labute approximate surface area is 137 Å². The number of halogens is 1. The van der Waals surface area contributed by atoms with E-state index in [-0.39, 0.29) is 5.83 Å². The minimum Gasteiger partial charge on any atom is -0.365 e. The molecule has 0 aromatic heterocycles. The number of nitrogens with two attached hydrogens (primary N) is 1. The number of benzene rings is 1. The summed E-state index contributed by atoms with van der Waals surface area (Å²) in [6.45, 7) is 2.97. The van der Waals surface area contributed by atoms with Crippen molar-refractivity contribution in [2.24, 2.45) is 5.73 Å². The summed E-state index contributed by atoms with van der Waals surface area (Å²) in [4.78, 5) is 0. The minimum atomic E-state index is -0.467. The molecule has 0 amide bonds. The number of allylic oxidation sites excluding steroid dienone is 3. The first-order valence-corrected chi connectivity index (χ1v) is 8.05. The Balaban J connectivity index is 2.26. The van der Waals surface area contributed by atoms with Gasteiger partial charge in [0.25, 0.3) is 0 Å². The molecule has 1 heterocycles. The molecule has 1 aromatic carbocycles. The van der Waals surface area contributed by atoms with Gasteiger partial charge in [0.1, 0.15) is 5.83 Å². The predicted octanol–water partition coefficient (Wildman–Crippen LogP) is 4.23. The quantitative estimate of drug-likeness (QED) is 0.766. The number of hydrogen-bond donors (Lipinski definition) is 1. The van der Waals surface area contributed by atoms with Gasteiger partial charge in [0.15, 0.2) is 0 Å². The normalized spacial score (nSPS) is 20.7. The summed E-state index contributed by atoms with van der Waals surface area (Å²) in [5, 5.41) is 9.03.